The Morgan fingerprint density at radius 1 is 1.29 bits per heavy atom. The van der Waals surface area contributed by atoms with Crippen LogP contribution in [0.2, 0.25) is 0 Å². The Morgan fingerprint density at radius 2 is 1.94 bits per heavy atom. The summed E-state index contributed by atoms with van der Waals surface area (Å²) in [6, 6.07) is 3.21. The Hall–Kier alpha value is -1.55. The summed E-state index contributed by atoms with van der Waals surface area (Å²) < 4.78 is 9.84. The largest absolute Gasteiger partial charge is 0.496 e. The smallest absolute Gasteiger partial charge is 0.322 e. The lowest BCUT2D eigenvalue weighted by Gasteiger charge is -2.15. The number of carbonyl (C=O) groups excluding carboxylic acids is 1. The minimum atomic E-state index is -0.619. The Balaban J connectivity index is 2.93. The van der Waals surface area contributed by atoms with Crippen molar-refractivity contribution in [3.8, 4) is 5.75 Å². The fraction of sp³-hybridized carbons (Fsp3) is 0.462. The lowest BCUT2D eigenvalue weighted by molar-refractivity contribution is -0.142. The number of esters is 1. The van der Waals surface area contributed by atoms with E-state index in [1.807, 2.05) is 26.0 Å². The van der Waals surface area contributed by atoms with Gasteiger partial charge in [0, 0.05) is 0 Å². The van der Waals surface area contributed by atoms with Gasteiger partial charge in [0.2, 0.25) is 0 Å². The molecule has 1 aromatic rings. The Morgan fingerprint density at radius 3 is 2.47 bits per heavy atom. The first kappa shape index (κ1) is 13.5. The molecule has 0 aromatic heterocycles. The monoisotopic (exact) mass is 237 g/mol. The molecule has 0 aliphatic rings. The van der Waals surface area contributed by atoms with Gasteiger partial charge in [-0.25, -0.2) is 0 Å². The second-order valence-corrected chi connectivity index (χ2v) is 4.01. The van der Waals surface area contributed by atoms with Crippen LogP contribution in [0.25, 0.3) is 0 Å². The van der Waals surface area contributed by atoms with Gasteiger partial charge in [0.05, 0.1) is 14.2 Å². The maximum Gasteiger partial charge on any atom is 0.322 e. The number of benzene rings is 1. The molecule has 1 aromatic carbocycles. The Kier molecular flexibility index (Phi) is 4.52. The summed E-state index contributed by atoms with van der Waals surface area (Å²) >= 11 is 0. The van der Waals surface area contributed by atoms with Crippen molar-refractivity contribution in [1.82, 2.24) is 0 Å². The molecule has 4 nitrogen and oxygen atoms in total. The zero-order valence-corrected chi connectivity index (χ0v) is 10.7. The standard InChI is InChI=1S/C13H19NO3/c1-8-9(2)12(16-3)6-5-10(8)7-11(14)13(15)17-4/h5-6,11H,7,14H2,1-4H3/t11-/m0/s1. The average Bonchev–Trinajstić information content (AvgIpc) is 2.34. The van der Waals surface area contributed by atoms with Crippen molar-refractivity contribution < 1.29 is 14.3 Å². The molecular weight excluding hydrogens is 218 g/mol. The molecule has 0 unspecified atom stereocenters. The van der Waals surface area contributed by atoms with Gasteiger partial charge in [0.1, 0.15) is 11.8 Å². The maximum absolute atomic E-state index is 11.3. The van der Waals surface area contributed by atoms with Crippen LogP contribution in [0.4, 0.5) is 0 Å². The van der Waals surface area contributed by atoms with Crippen LogP contribution in [-0.4, -0.2) is 26.2 Å². The second kappa shape index (κ2) is 5.68. The van der Waals surface area contributed by atoms with Crippen molar-refractivity contribution in [2.24, 2.45) is 5.73 Å². The third-order valence-electron chi connectivity index (χ3n) is 3.01. The van der Waals surface area contributed by atoms with Crippen LogP contribution in [0, 0.1) is 13.8 Å². The minimum Gasteiger partial charge on any atom is -0.496 e. The average molecular weight is 237 g/mol. The van der Waals surface area contributed by atoms with Crippen molar-refractivity contribution in [3.05, 3.63) is 28.8 Å². The number of rotatable bonds is 4. The van der Waals surface area contributed by atoms with Crippen LogP contribution in [0.1, 0.15) is 16.7 Å². The highest BCUT2D eigenvalue weighted by Gasteiger charge is 2.16. The first-order chi connectivity index (χ1) is 8.01. The molecule has 2 N–H and O–H groups in total. The fourth-order valence-corrected chi connectivity index (χ4v) is 1.77. The molecule has 0 aliphatic carbocycles. The van der Waals surface area contributed by atoms with E-state index < -0.39 is 12.0 Å². The van der Waals surface area contributed by atoms with Crippen LogP contribution in [0.5, 0.6) is 5.75 Å². The van der Waals surface area contributed by atoms with E-state index in [1.54, 1.807) is 7.11 Å². The van der Waals surface area contributed by atoms with E-state index in [1.165, 1.54) is 7.11 Å². The summed E-state index contributed by atoms with van der Waals surface area (Å²) in [5.74, 6) is 0.454. The number of nitrogens with two attached hydrogens (primary N) is 1. The van der Waals surface area contributed by atoms with Crippen LogP contribution in [0.15, 0.2) is 12.1 Å². The number of hydrogen-bond donors (Lipinski definition) is 1. The van der Waals surface area contributed by atoms with Gasteiger partial charge in [-0.15, -0.1) is 0 Å². The van der Waals surface area contributed by atoms with E-state index in [9.17, 15) is 4.79 Å². The molecule has 0 aliphatic heterocycles. The van der Waals surface area contributed by atoms with Gasteiger partial charge in [-0.3, -0.25) is 4.79 Å². The molecule has 4 heteroatoms. The third kappa shape index (κ3) is 2.97. The molecule has 94 valence electrons. The van der Waals surface area contributed by atoms with Gasteiger partial charge in [-0.1, -0.05) is 6.07 Å². The molecule has 0 radical (unpaired) electrons. The molecule has 0 heterocycles. The second-order valence-electron chi connectivity index (χ2n) is 4.01. The zero-order chi connectivity index (χ0) is 13.0. The molecular formula is C13H19NO3. The van der Waals surface area contributed by atoms with Crippen molar-refractivity contribution in [2.45, 2.75) is 26.3 Å². The Labute approximate surface area is 102 Å². The van der Waals surface area contributed by atoms with E-state index in [2.05, 4.69) is 4.74 Å². The summed E-state index contributed by atoms with van der Waals surface area (Å²) in [6.45, 7) is 3.98. The van der Waals surface area contributed by atoms with Crippen molar-refractivity contribution in [3.63, 3.8) is 0 Å². The third-order valence-corrected chi connectivity index (χ3v) is 3.01. The van der Waals surface area contributed by atoms with Gasteiger partial charge < -0.3 is 15.2 Å². The van der Waals surface area contributed by atoms with Crippen molar-refractivity contribution in [2.75, 3.05) is 14.2 Å². The molecule has 0 bridgehead atoms. The van der Waals surface area contributed by atoms with E-state index in [-0.39, 0.29) is 0 Å². The van der Waals surface area contributed by atoms with Crippen molar-refractivity contribution in [1.29, 1.82) is 0 Å². The molecule has 0 saturated heterocycles. The molecule has 0 fully saturated rings. The number of carbonyl (C=O) groups is 1. The number of methoxy groups -OCH3 is 2. The summed E-state index contributed by atoms with van der Waals surface area (Å²) in [6.07, 6.45) is 0.476. The maximum atomic E-state index is 11.3. The lowest BCUT2D eigenvalue weighted by atomic mass is 9.97. The van der Waals surface area contributed by atoms with E-state index in [0.717, 1.165) is 22.4 Å². The fourth-order valence-electron chi connectivity index (χ4n) is 1.77. The normalized spacial score (nSPS) is 12.1. The SMILES string of the molecule is COC(=O)[C@@H](N)Cc1ccc(OC)c(C)c1C. The van der Waals surface area contributed by atoms with Gasteiger partial charge in [-0.05, 0) is 43.0 Å². The highest BCUT2D eigenvalue weighted by molar-refractivity contribution is 5.75. The summed E-state index contributed by atoms with van der Waals surface area (Å²) in [5, 5.41) is 0. The highest BCUT2D eigenvalue weighted by atomic mass is 16.5. The van der Waals surface area contributed by atoms with Crippen LogP contribution in [0.3, 0.4) is 0 Å². The minimum absolute atomic E-state index is 0.391. The lowest BCUT2D eigenvalue weighted by Crippen LogP contribution is -2.33. The molecule has 1 rings (SSSR count). The van der Waals surface area contributed by atoms with Crippen molar-refractivity contribution >= 4 is 5.97 Å². The molecule has 1 atom stereocenters. The number of hydrogen-bond acceptors (Lipinski definition) is 4. The molecule has 17 heavy (non-hydrogen) atoms. The van der Waals surface area contributed by atoms with Gasteiger partial charge in [-0.2, -0.15) is 0 Å². The van der Waals surface area contributed by atoms with Crippen LogP contribution in [-0.2, 0) is 16.0 Å². The van der Waals surface area contributed by atoms with Crippen LogP contribution >= 0.6 is 0 Å². The first-order valence-corrected chi connectivity index (χ1v) is 5.47. The van der Waals surface area contributed by atoms with E-state index in [0.29, 0.717) is 6.42 Å². The Bertz CT molecular complexity index is 415. The summed E-state index contributed by atoms with van der Waals surface area (Å²) in [4.78, 5) is 11.3. The topological polar surface area (TPSA) is 61.5 Å². The zero-order valence-electron chi connectivity index (χ0n) is 10.7. The number of ether oxygens (including phenoxy) is 2. The van der Waals surface area contributed by atoms with Gasteiger partial charge in [0.25, 0.3) is 0 Å². The van der Waals surface area contributed by atoms with Gasteiger partial charge >= 0.3 is 5.97 Å². The summed E-state index contributed by atoms with van der Waals surface area (Å²) in [7, 11) is 2.98. The van der Waals surface area contributed by atoms with E-state index >= 15 is 0 Å². The predicted octanol–water partition coefficient (Wildman–Crippen LogP) is 1.35. The molecule has 0 amide bonds. The van der Waals surface area contributed by atoms with E-state index in [4.69, 9.17) is 10.5 Å². The predicted molar refractivity (Wildman–Crippen MR) is 66.2 cm³/mol. The van der Waals surface area contributed by atoms with Crippen LogP contribution < -0.4 is 10.5 Å². The summed E-state index contributed by atoms with van der Waals surface area (Å²) in [5.41, 5.74) is 8.96. The van der Waals surface area contributed by atoms with Gasteiger partial charge in [0.15, 0.2) is 0 Å². The highest BCUT2D eigenvalue weighted by Crippen LogP contribution is 2.24. The first-order valence-electron chi connectivity index (χ1n) is 5.47. The molecule has 0 saturated carbocycles. The molecule has 0 spiro atoms. The quantitative estimate of drug-likeness (QED) is 0.803.